The SMILES string of the molecule is CCn1nc(C)cc1COc1ccc2c(c1)CCC2NC. The molecule has 4 nitrogen and oxygen atoms in total. The van der Waals surface area contributed by atoms with Crippen LogP contribution in [0.15, 0.2) is 24.3 Å². The molecule has 2 aromatic rings. The fourth-order valence-electron chi connectivity index (χ4n) is 3.13. The highest BCUT2D eigenvalue weighted by Gasteiger charge is 2.21. The summed E-state index contributed by atoms with van der Waals surface area (Å²) in [6.45, 7) is 5.57. The van der Waals surface area contributed by atoms with Crippen molar-refractivity contribution in [1.29, 1.82) is 0 Å². The highest BCUT2D eigenvalue weighted by Crippen LogP contribution is 2.33. The van der Waals surface area contributed by atoms with Gasteiger partial charge in [0, 0.05) is 12.6 Å². The topological polar surface area (TPSA) is 39.1 Å². The van der Waals surface area contributed by atoms with Crippen LogP contribution in [0.2, 0.25) is 0 Å². The van der Waals surface area contributed by atoms with Gasteiger partial charge in [0.1, 0.15) is 12.4 Å². The number of ether oxygens (including phenoxy) is 1. The van der Waals surface area contributed by atoms with E-state index in [1.54, 1.807) is 0 Å². The number of aryl methyl sites for hydroxylation is 3. The Bertz CT molecular complexity index is 633. The number of hydrogen-bond acceptors (Lipinski definition) is 3. The molecule has 0 aliphatic heterocycles. The fraction of sp³-hybridized carbons (Fsp3) is 0.471. The fourth-order valence-corrected chi connectivity index (χ4v) is 3.13. The summed E-state index contributed by atoms with van der Waals surface area (Å²) < 4.78 is 7.96. The lowest BCUT2D eigenvalue weighted by atomic mass is 10.1. The highest BCUT2D eigenvalue weighted by atomic mass is 16.5. The van der Waals surface area contributed by atoms with Crippen molar-refractivity contribution in [2.75, 3.05) is 7.05 Å². The van der Waals surface area contributed by atoms with E-state index in [9.17, 15) is 0 Å². The molecule has 4 heteroatoms. The molecule has 1 heterocycles. The van der Waals surface area contributed by atoms with Gasteiger partial charge < -0.3 is 10.1 Å². The quantitative estimate of drug-likeness (QED) is 0.918. The molecule has 1 N–H and O–H groups in total. The Labute approximate surface area is 126 Å². The Kier molecular flexibility index (Phi) is 3.97. The summed E-state index contributed by atoms with van der Waals surface area (Å²) in [5, 5.41) is 7.81. The lowest BCUT2D eigenvalue weighted by Crippen LogP contribution is -2.12. The van der Waals surface area contributed by atoms with E-state index in [1.807, 2.05) is 18.7 Å². The van der Waals surface area contributed by atoms with Crippen molar-refractivity contribution in [2.24, 2.45) is 0 Å². The van der Waals surface area contributed by atoms with E-state index in [0.717, 1.165) is 30.1 Å². The van der Waals surface area contributed by atoms with Crippen molar-refractivity contribution in [3.63, 3.8) is 0 Å². The van der Waals surface area contributed by atoms with Crippen molar-refractivity contribution in [3.8, 4) is 5.75 Å². The Morgan fingerprint density at radius 2 is 2.24 bits per heavy atom. The minimum absolute atomic E-state index is 0.498. The van der Waals surface area contributed by atoms with Crippen molar-refractivity contribution in [3.05, 3.63) is 46.8 Å². The summed E-state index contributed by atoms with van der Waals surface area (Å²) in [5.41, 5.74) is 5.00. The van der Waals surface area contributed by atoms with Crippen LogP contribution in [0.25, 0.3) is 0 Å². The molecule has 1 aliphatic rings. The van der Waals surface area contributed by atoms with E-state index in [4.69, 9.17) is 4.74 Å². The predicted octanol–water partition coefficient (Wildman–Crippen LogP) is 3.00. The molecule has 1 unspecified atom stereocenters. The Hall–Kier alpha value is -1.81. The van der Waals surface area contributed by atoms with Gasteiger partial charge >= 0.3 is 0 Å². The van der Waals surface area contributed by atoms with Gasteiger partial charge in [-0.1, -0.05) is 6.07 Å². The summed E-state index contributed by atoms with van der Waals surface area (Å²) in [7, 11) is 2.03. The van der Waals surface area contributed by atoms with Gasteiger partial charge in [-0.15, -0.1) is 0 Å². The Morgan fingerprint density at radius 3 is 3.00 bits per heavy atom. The highest BCUT2D eigenvalue weighted by molar-refractivity contribution is 5.40. The first-order chi connectivity index (χ1) is 10.2. The summed E-state index contributed by atoms with van der Waals surface area (Å²) in [6, 6.07) is 9.05. The molecule has 1 aromatic carbocycles. The van der Waals surface area contributed by atoms with Crippen LogP contribution in [0.5, 0.6) is 5.75 Å². The lowest BCUT2D eigenvalue weighted by molar-refractivity contribution is 0.292. The normalized spacial score (nSPS) is 17.0. The average Bonchev–Trinajstić information content (AvgIpc) is 3.07. The van der Waals surface area contributed by atoms with Crippen molar-refractivity contribution in [1.82, 2.24) is 15.1 Å². The first-order valence-corrected chi connectivity index (χ1v) is 7.67. The van der Waals surface area contributed by atoms with E-state index in [2.05, 4.69) is 41.6 Å². The van der Waals surface area contributed by atoms with Crippen LogP contribution in [0.1, 0.15) is 41.9 Å². The molecule has 1 aromatic heterocycles. The zero-order valence-electron chi connectivity index (χ0n) is 13.0. The van der Waals surface area contributed by atoms with Crippen LogP contribution < -0.4 is 10.1 Å². The summed E-state index contributed by atoms with van der Waals surface area (Å²) >= 11 is 0. The van der Waals surface area contributed by atoms with Crippen LogP contribution in [-0.2, 0) is 19.6 Å². The average molecular weight is 285 g/mol. The number of fused-ring (bicyclic) bond motifs is 1. The molecule has 0 bridgehead atoms. The standard InChI is InChI=1S/C17H23N3O/c1-4-20-14(9-12(2)19-20)11-21-15-6-7-16-13(10-15)5-8-17(16)18-3/h6-7,9-10,17-18H,4-5,8,11H2,1-3H3. The van der Waals surface area contributed by atoms with Gasteiger partial charge in [-0.25, -0.2) is 0 Å². The van der Waals surface area contributed by atoms with E-state index in [-0.39, 0.29) is 0 Å². The van der Waals surface area contributed by atoms with Gasteiger partial charge in [0.05, 0.1) is 11.4 Å². The van der Waals surface area contributed by atoms with Gasteiger partial charge in [0.25, 0.3) is 0 Å². The molecular weight excluding hydrogens is 262 g/mol. The summed E-state index contributed by atoms with van der Waals surface area (Å²) in [6.07, 6.45) is 2.31. The summed E-state index contributed by atoms with van der Waals surface area (Å²) in [5.74, 6) is 0.951. The van der Waals surface area contributed by atoms with Crippen molar-refractivity contribution < 1.29 is 4.74 Å². The molecule has 0 radical (unpaired) electrons. The molecule has 1 atom stereocenters. The van der Waals surface area contributed by atoms with Gasteiger partial charge in [-0.3, -0.25) is 4.68 Å². The van der Waals surface area contributed by atoms with Gasteiger partial charge in [0.2, 0.25) is 0 Å². The monoisotopic (exact) mass is 285 g/mol. The van der Waals surface area contributed by atoms with Crippen molar-refractivity contribution >= 4 is 0 Å². The molecule has 0 fully saturated rings. The third-order valence-corrected chi connectivity index (χ3v) is 4.21. The molecule has 3 rings (SSSR count). The number of rotatable bonds is 5. The van der Waals surface area contributed by atoms with Gasteiger partial charge in [-0.2, -0.15) is 5.10 Å². The molecule has 21 heavy (non-hydrogen) atoms. The molecule has 0 saturated carbocycles. The maximum absolute atomic E-state index is 5.96. The Balaban J connectivity index is 1.71. The third-order valence-electron chi connectivity index (χ3n) is 4.21. The van der Waals surface area contributed by atoms with Crippen LogP contribution in [-0.4, -0.2) is 16.8 Å². The second-order valence-electron chi connectivity index (χ2n) is 5.62. The van der Waals surface area contributed by atoms with Crippen LogP contribution in [0, 0.1) is 6.92 Å². The van der Waals surface area contributed by atoms with Crippen LogP contribution >= 0.6 is 0 Å². The maximum Gasteiger partial charge on any atom is 0.130 e. The Morgan fingerprint density at radius 1 is 1.38 bits per heavy atom. The minimum Gasteiger partial charge on any atom is -0.487 e. The first-order valence-electron chi connectivity index (χ1n) is 7.67. The summed E-state index contributed by atoms with van der Waals surface area (Å²) in [4.78, 5) is 0. The van der Waals surface area contributed by atoms with E-state index in [1.165, 1.54) is 17.5 Å². The molecule has 0 amide bonds. The predicted molar refractivity (Wildman–Crippen MR) is 83.5 cm³/mol. The number of nitrogens with zero attached hydrogens (tertiary/aromatic N) is 2. The lowest BCUT2D eigenvalue weighted by Gasteiger charge is -2.12. The van der Waals surface area contributed by atoms with Crippen molar-refractivity contribution in [2.45, 2.75) is 45.9 Å². The van der Waals surface area contributed by atoms with Crippen LogP contribution in [0.3, 0.4) is 0 Å². The molecular formula is C17H23N3O. The minimum atomic E-state index is 0.498. The van der Waals surface area contributed by atoms with E-state index < -0.39 is 0 Å². The molecule has 1 aliphatic carbocycles. The third kappa shape index (κ3) is 2.81. The number of benzene rings is 1. The second kappa shape index (κ2) is 5.90. The smallest absolute Gasteiger partial charge is 0.130 e. The molecule has 0 saturated heterocycles. The van der Waals surface area contributed by atoms with Crippen LogP contribution in [0.4, 0.5) is 0 Å². The van der Waals surface area contributed by atoms with E-state index in [0.29, 0.717) is 12.6 Å². The van der Waals surface area contributed by atoms with E-state index >= 15 is 0 Å². The number of aromatic nitrogens is 2. The maximum atomic E-state index is 5.96. The van der Waals surface area contributed by atoms with Gasteiger partial charge in [-0.05, 0) is 63.1 Å². The molecule has 0 spiro atoms. The zero-order valence-corrected chi connectivity index (χ0v) is 13.0. The molecule has 112 valence electrons. The number of hydrogen-bond donors (Lipinski definition) is 1. The zero-order chi connectivity index (χ0) is 14.8. The van der Waals surface area contributed by atoms with Gasteiger partial charge in [0.15, 0.2) is 0 Å². The largest absolute Gasteiger partial charge is 0.487 e. The first kappa shape index (κ1) is 14.1. The number of nitrogens with one attached hydrogen (secondary N) is 1. The second-order valence-corrected chi connectivity index (χ2v) is 5.62.